The van der Waals surface area contributed by atoms with Gasteiger partial charge in [0.2, 0.25) is 5.96 Å². The van der Waals surface area contributed by atoms with Crippen molar-refractivity contribution in [3.05, 3.63) is 23.8 Å². The van der Waals surface area contributed by atoms with Crippen LogP contribution in [0, 0.1) is 6.92 Å². The molecule has 1 heterocycles. The summed E-state index contributed by atoms with van der Waals surface area (Å²) in [5.41, 5.74) is 1.47. The summed E-state index contributed by atoms with van der Waals surface area (Å²) < 4.78 is 26.4. The number of anilines is 1. The lowest BCUT2D eigenvalue weighted by molar-refractivity contribution is 0.591. The third kappa shape index (κ3) is 2.41. The third-order valence-corrected chi connectivity index (χ3v) is 3.68. The summed E-state index contributed by atoms with van der Waals surface area (Å²) in [5.74, 6) is 0.274. The summed E-state index contributed by atoms with van der Waals surface area (Å²) in [4.78, 5) is 4.43. The first-order valence-corrected chi connectivity index (χ1v) is 6.85. The van der Waals surface area contributed by atoms with Crippen molar-refractivity contribution in [3.63, 3.8) is 0 Å². The lowest BCUT2D eigenvalue weighted by Crippen LogP contribution is -2.41. The molecule has 0 fully saturated rings. The molecule has 2 rings (SSSR count). The second-order valence-electron chi connectivity index (χ2n) is 4.30. The number of guanidine groups is 1. The average Bonchev–Trinajstić information content (AvgIpc) is 2.17. The van der Waals surface area contributed by atoms with Gasteiger partial charge in [0, 0.05) is 6.04 Å². The summed E-state index contributed by atoms with van der Waals surface area (Å²) in [6, 6.07) is 5.27. The second kappa shape index (κ2) is 4.03. The van der Waals surface area contributed by atoms with Crippen molar-refractivity contribution in [3.8, 4) is 0 Å². The predicted octanol–water partition coefficient (Wildman–Crippen LogP) is 1.46. The molecule has 6 heteroatoms. The van der Waals surface area contributed by atoms with Crippen LogP contribution < -0.4 is 10.0 Å². The van der Waals surface area contributed by atoms with E-state index in [1.165, 1.54) is 0 Å². The highest BCUT2D eigenvalue weighted by Crippen LogP contribution is 2.25. The lowest BCUT2D eigenvalue weighted by atomic mass is 10.2. The molecule has 0 radical (unpaired) electrons. The number of aliphatic imine (C=N–C) groups is 1. The van der Waals surface area contributed by atoms with E-state index < -0.39 is 10.0 Å². The van der Waals surface area contributed by atoms with Crippen LogP contribution in [-0.2, 0) is 10.0 Å². The van der Waals surface area contributed by atoms with Gasteiger partial charge in [-0.05, 0) is 38.5 Å². The molecule has 1 aromatic rings. The van der Waals surface area contributed by atoms with E-state index in [0.717, 1.165) is 5.56 Å². The van der Waals surface area contributed by atoms with Crippen LogP contribution in [0.4, 0.5) is 5.69 Å². The number of benzene rings is 1. The van der Waals surface area contributed by atoms with Crippen LogP contribution in [0.15, 0.2) is 28.1 Å². The minimum Gasteiger partial charge on any atom is -0.324 e. The fraction of sp³-hybridized carbons (Fsp3) is 0.364. The van der Waals surface area contributed by atoms with Gasteiger partial charge in [0.25, 0.3) is 10.0 Å². The van der Waals surface area contributed by atoms with Gasteiger partial charge >= 0.3 is 0 Å². The van der Waals surface area contributed by atoms with Gasteiger partial charge in [-0.1, -0.05) is 6.07 Å². The van der Waals surface area contributed by atoms with Gasteiger partial charge in [0.1, 0.15) is 4.90 Å². The largest absolute Gasteiger partial charge is 0.324 e. The molecule has 0 unspecified atom stereocenters. The van der Waals surface area contributed by atoms with Crippen LogP contribution in [0.5, 0.6) is 0 Å². The van der Waals surface area contributed by atoms with E-state index in [1.807, 2.05) is 26.8 Å². The van der Waals surface area contributed by atoms with Gasteiger partial charge in [-0.3, -0.25) is 0 Å². The lowest BCUT2D eigenvalue weighted by Gasteiger charge is -2.22. The summed E-state index contributed by atoms with van der Waals surface area (Å²) in [6.07, 6.45) is 0. The van der Waals surface area contributed by atoms with E-state index in [9.17, 15) is 8.42 Å². The Morgan fingerprint density at radius 2 is 2.00 bits per heavy atom. The maximum Gasteiger partial charge on any atom is 0.266 e. The van der Waals surface area contributed by atoms with Crippen molar-refractivity contribution in [1.82, 2.24) is 4.72 Å². The standard InChI is InChI=1S/C11H15N3O2S/c1-7(2)12-11-13-9-5-4-8(3)6-10(9)17(15,16)14-11/h4-7H,1-3H3,(H2,12,13,14). The Hall–Kier alpha value is -1.56. The van der Waals surface area contributed by atoms with E-state index in [1.54, 1.807) is 12.1 Å². The Bertz CT molecular complexity index is 576. The van der Waals surface area contributed by atoms with Crippen LogP contribution in [0.1, 0.15) is 19.4 Å². The summed E-state index contributed by atoms with van der Waals surface area (Å²) in [6.45, 7) is 5.62. The summed E-state index contributed by atoms with van der Waals surface area (Å²) in [7, 11) is -3.50. The van der Waals surface area contributed by atoms with E-state index >= 15 is 0 Å². The summed E-state index contributed by atoms with van der Waals surface area (Å²) >= 11 is 0. The molecule has 1 aliphatic rings. The molecule has 0 saturated carbocycles. The number of sulfonamides is 1. The van der Waals surface area contributed by atoms with Gasteiger partial charge in [-0.25, -0.2) is 18.1 Å². The molecular formula is C11H15N3O2S. The highest BCUT2D eigenvalue weighted by Gasteiger charge is 2.26. The number of hydrogen-bond donors (Lipinski definition) is 2. The van der Waals surface area contributed by atoms with Crippen molar-refractivity contribution >= 4 is 21.7 Å². The normalized spacial score (nSPS) is 19.6. The van der Waals surface area contributed by atoms with Crippen molar-refractivity contribution in [1.29, 1.82) is 0 Å². The molecule has 92 valence electrons. The smallest absolute Gasteiger partial charge is 0.266 e. The van der Waals surface area contributed by atoms with Crippen LogP contribution in [0.3, 0.4) is 0 Å². The van der Waals surface area contributed by atoms with Crippen LogP contribution in [0.25, 0.3) is 0 Å². The number of hydrogen-bond acceptors (Lipinski definition) is 3. The van der Waals surface area contributed by atoms with Crippen LogP contribution >= 0.6 is 0 Å². The monoisotopic (exact) mass is 253 g/mol. The average molecular weight is 253 g/mol. The zero-order chi connectivity index (χ0) is 12.6. The van der Waals surface area contributed by atoms with E-state index in [4.69, 9.17) is 0 Å². The third-order valence-electron chi connectivity index (χ3n) is 2.30. The quantitative estimate of drug-likeness (QED) is 0.796. The molecule has 0 spiro atoms. The molecule has 0 aliphatic carbocycles. The fourth-order valence-electron chi connectivity index (χ4n) is 1.61. The zero-order valence-corrected chi connectivity index (χ0v) is 10.8. The van der Waals surface area contributed by atoms with Crippen molar-refractivity contribution in [2.24, 2.45) is 4.99 Å². The van der Waals surface area contributed by atoms with Gasteiger partial charge in [0.15, 0.2) is 0 Å². The van der Waals surface area contributed by atoms with Gasteiger partial charge in [-0.2, -0.15) is 0 Å². The first-order chi connectivity index (χ1) is 7.88. The maximum atomic E-state index is 12.0. The number of aryl methyl sites for hydroxylation is 1. The number of fused-ring (bicyclic) bond motifs is 1. The Kier molecular flexibility index (Phi) is 2.82. The number of rotatable bonds is 1. The maximum absolute atomic E-state index is 12.0. The SMILES string of the molecule is Cc1ccc2c(c1)S(=O)(=O)NC(=NC(C)C)N2. The Morgan fingerprint density at radius 3 is 2.65 bits per heavy atom. The molecule has 2 N–H and O–H groups in total. The van der Waals surface area contributed by atoms with Crippen LogP contribution in [-0.4, -0.2) is 20.4 Å². The Labute approximate surface area is 101 Å². The number of nitrogens with one attached hydrogen (secondary N) is 2. The number of nitrogens with zero attached hydrogens (tertiary/aromatic N) is 1. The molecule has 0 atom stereocenters. The molecule has 0 amide bonds. The van der Waals surface area contributed by atoms with E-state index in [-0.39, 0.29) is 16.9 Å². The van der Waals surface area contributed by atoms with Crippen molar-refractivity contribution in [2.45, 2.75) is 31.7 Å². The molecule has 1 aromatic carbocycles. The molecule has 5 nitrogen and oxygen atoms in total. The first-order valence-electron chi connectivity index (χ1n) is 5.37. The molecule has 0 aromatic heterocycles. The Morgan fingerprint density at radius 1 is 1.29 bits per heavy atom. The van der Waals surface area contributed by atoms with Gasteiger partial charge in [-0.15, -0.1) is 0 Å². The second-order valence-corrected chi connectivity index (χ2v) is 5.95. The summed E-state index contributed by atoms with van der Waals surface area (Å²) in [5, 5.41) is 2.97. The van der Waals surface area contributed by atoms with E-state index in [2.05, 4.69) is 15.0 Å². The van der Waals surface area contributed by atoms with Gasteiger partial charge < -0.3 is 5.32 Å². The molecule has 0 bridgehead atoms. The molecular weight excluding hydrogens is 238 g/mol. The highest BCUT2D eigenvalue weighted by atomic mass is 32.2. The highest BCUT2D eigenvalue weighted by molar-refractivity contribution is 7.90. The predicted molar refractivity (Wildman–Crippen MR) is 67.7 cm³/mol. The zero-order valence-electron chi connectivity index (χ0n) is 9.98. The molecule has 0 saturated heterocycles. The van der Waals surface area contributed by atoms with Crippen molar-refractivity contribution < 1.29 is 8.42 Å². The minimum atomic E-state index is -3.50. The fourth-order valence-corrected chi connectivity index (χ4v) is 2.83. The minimum absolute atomic E-state index is 0.0206. The van der Waals surface area contributed by atoms with Gasteiger partial charge in [0.05, 0.1) is 5.69 Å². The van der Waals surface area contributed by atoms with Crippen molar-refractivity contribution in [2.75, 3.05) is 5.32 Å². The van der Waals surface area contributed by atoms with Crippen LogP contribution in [0.2, 0.25) is 0 Å². The Balaban J connectivity index is 2.52. The molecule has 1 aliphatic heterocycles. The molecule has 17 heavy (non-hydrogen) atoms. The van der Waals surface area contributed by atoms with E-state index in [0.29, 0.717) is 5.69 Å². The first kappa shape index (κ1) is 11.9. The topological polar surface area (TPSA) is 70.6 Å².